The number of nitrogens with one attached hydrogen (secondary N) is 1. The summed E-state index contributed by atoms with van der Waals surface area (Å²) in [5.41, 5.74) is 2.63. The standard InChI is InChI=1S/C20H15ClN4O3S2/c21-13-3-1-12(2-4-13)15-10-29-19-23-24-20(25(15)19)30-11-18(26)22-14-5-6-16-17(9-14)28-8-7-27-16/h1-6,9-10H,7-8,11H2,(H,22,26). The number of hydrogen-bond donors (Lipinski definition) is 1. The normalized spacial score (nSPS) is 12.8. The molecule has 1 aliphatic heterocycles. The van der Waals surface area contributed by atoms with Crippen molar-refractivity contribution in [3.63, 3.8) is 0 Å². The molecule has 4 aromatic rings. The van der Waals surface area contributed by atoms with Crippen LogP contribution >= 0.6 is 34.7 Å². The van der Waals surface area contributed by atoms with Gasteiger partial charge in [-0.25, -0.2) is 0 Å². The molecule has 2 aromatic carbocycles. The van der Waals surface area contributed by atoms with Gasteiger partial charge in [0.05, 0.1) is 11.4 Å². The summed E-state index contributed by atoms with van der Waals surface area (Å²) in [4.78, 5) is 13.2. The summed E-state index contributed by atoms with van der Waals surface area (Å²) >= 11 is 8.83. The van der Waals surface area contributed by atoms with E-state index < -0.39 is 0 Å². The molecule has 5 rings (SSSR count). The number of hydrogen-bond acceptors (Lipinski definition) is 7. The molecule has 1 aliphatic rings. The van der Waals surface area contributed by atoms with Gasteiger partial charge < -0.3 is 14.8 Å². The summed E-state index contributed by atoms with van der Waals surface area (Å²) in [7, 11) is 0. The molecule has 0 unspecified atom stereocenters. The Bertz CT molecular complexity index is 1220. The quantitative estimate of drug-likeness (QED) is 0.440. The number of ether oxygens (including phenoxy) is 2. The first-order valence-electron chi connectivity index (χ1n) is 9.08. The van der Waals surface area contributed by atoms with Crippen LogP contribution in [0, 0.1) is 0 Å². The molecule has 0 saturated carbocycles. The van der Waals surface area contributed by atoms with Gasteiger partial charge in [0.15, 0.2) is 16.7 Å². The number of carbonyl (C=O) groups is 1. The fraction of sp³-hybridized carbons (Fsp3) is 0.150. The van der Waals surface area contributed by atoms with Crippen molar-refractivity contribution in [3.8, 4) is 22.8 Å². The molecule has 0 radical (unpaired) electrons. The van der Waals surface area contributed by atoms with Gasteiger partial charge in [0.2, 0.25) is 10.9 Å². The van der Waals surface area contributed by atoms with Crippen LogP contribution < -0.4 is 14.8 Å². The minimum absolute atomic E-state index is 0.142. The first kappa shape index (κ1) is 19.2. The number of fused-ring (bicyclic) bond motifs is 2. The minimum atomic E-state index is -0.142. The molecule has 0 atom stereocenters. The lowest BCUT2D eigenvalue weighted by Gasteiger charge is -2.18. The van der Waals surface area contributed by atoms with E-state index in [1.165, 1.54) is 23.1 Å². The van der Waals surface area contributed by atoms with Gasteiger partial charge in [-0.1, -0.05) is 35.5 Å². The Hall–Kier alpha value is -2.75. The van der Waals surface area contributed by atoms with Gasteiger partial charge >= 0.3 is 0 Å². The number of carbonyl (C=O) groups excluding carboxylic acids is 1. The number of amides is 1. The summed E-state index contributed by atoms with van der Waals surface area (Å²) in [5.74, 6) is 1.38. The van der Waals surface area contributed by atoms with E-state index in [0.29, 0.717) is 40.6 Å². The summed E-state index contributed by atoms with van der Waals surface area (Å²) in [6.07, 6.45) is 0. The highest BCUT2D eigenvalue weighted by atomic mass is 35.5. The smallest absolute Gasteiger partial charge is 0.234 e. The van der Waals surface area contributed by atoms with Crippen molar-refractivity contribution in [2.24, 2.45) is 0 Å². The van der Waals surface area contributed by atoms with E-state index in [0.717, 1.165) is 16.2 Å². The third-order valence-electron chi connectivity index (χ3n) is 4.42. The lowest BCUT2D eigenvalue weighted by atomic mass is 10.2. The second kappa shape index (κ2) is 8.17. The SMILES string of the molecule is O=C(CSc1nnc2scc(-c3ccc(Cl)cc3)n12)Nc1ccc2c(c1)OCCO2. The van der Waals surface area contributed by atoms with Crippen LogP contribution in [0.15, 0.2) is 53.0 Å². The Morgan fingerprint density at radius 1 is 1.13 bits per heavy atom. The Balaban J connectivity index is 1.30. The van der Waals surface area contributed by atoms with Gasteiger partial charge in [-0.3, -0.25) is 9.20 Å². The van der Waals surface area contributed by atoms with Crippen molar-refractivity contribution in [1.29, 1.82) is 0 Å². The number of nitrogens with zero attached hydrogens (tertiary/aromatic N) is 3. The fourth-order valence-corrected chi connectivity index (χ4v) is 4.83. The zero-order valence-electron chi connectivity index (χ0n) is 15.5. The Morgan fingerprint density at radius 2 is 1.93 bits per heavy atom. The van der Waals surface area contributed by atoms with E-state index in [-0.39, 0.29) is 11.7 Å². The van der Waals surface area contributed by atoms with Gasteiger partial charge in [-0.05, 0) is 29.8 Å². The second-order valence-corrected chi connectivity index (χ2v) is 8.64. The van der Waals surface area contributed by atoms with Crippen LogP contribution in [-0.4, -0.2) is 39.5 Å². The lowest BCUT2D eigenvalue weighted by Crippen LogP contribution is -2.17. The third kappa shape index (κ3) is 3.83. The molecule has 7 nitrogen and oxygen atoms in total. The first-order chi connectivity index (χ1) is 14.7. The molecule has 0 bridgehead atoms. The van der Waals surface area contributed by atoms with Crippen molar-refractivity contribution in [3.05, 3.63) is 52.9 Å². The molecule has 2 aromatic heterocycles. The van der Waals surface area contributed by atoms with Gasteiger partial charge in [0, 0.05) is 22.2 Å². The topological polar surface area (TPSA) is 77.8 Å². The predicted octanol–water partition coefficient (Wildman–Crippen LogP) is 4.61. The largest absolute Gasteiger partial charge is 0.486 e. The molecular weight excluding hydrogens is 444 g/mol. The molecule has 3 heterocycles. The summed E-state index contributed by atoms with van der Waals surface area (Å²) in [6, 6.07) is 13.0. The van der Waals surface area contributed by atoms with Crippen molar-refractivity contribution in [1.82, 2.24) is 14.6 Å². The molecule has 1 amide bonds. The van der Waals surface area contributed by atoms with E-state index in [2.05, 4.69) is 15.5 Å². The van der Waals surface area contributed by atoms with Crippen molar-refractivity contribution in [2.45, 2.75) is 5.16 Å². The molecule has 0 saturated heterocycles. The van der Waals surface area contributed by atoms with Crippen LogP contribution in [0.25, 0.3) is 16.2 Å². The lowest BCUT2D eigenvalue weighted by molar-refractivity contribution is -0.113. The summed E-state index contributed by atoms with van der Waals surface area (Å²) in [5, 5.41) is 14.7. The Morgan fingerprint density at radius 3 is 2.77 bits per heavy atom. The van der Waals surface area contributed by atoms with E-state index in [1.807, 2.05) is 34.0 Å². The number of thioether (sulfide) groups is 1. The number of anilines is 1. The van der Waals surface area contributed by atoms with E-state index in [4.69, 9.17) is 21.1 Å². The van der Waals surface area contributed by atoms with Crippen LogP contribution in [0.5, 0.6) is 11.5 Å². The third-order valence-corrected chi connectivity index (χ3v) is 6.42. The average molecular weight is 459 g/mol. The van der Waals surface area contributed by atoms with E-state index >= 15 is 0 Å². The molecular formula is C20H15ClN4O3S2. The van der Waals surface area contributed by atoms with Crippen molar-refractivity contribution < 1.29 is 14.3 Å². The number of rotatable bonds is 5. The summed E-state index contributed by atoms with van der Waals surface area (Å²) < 4.78 is 13.0. The first-order valence-corrected chi connectivity index (χ1v) is 11.3. The number of thiazole rings is 1. The van der Waals surface area contributed by atoms with Gasteiger partial charge in [-0.2, -0.15) is 0 Å². The van der Waals surface area contributed by atoms with Crippen LogP contribution in [0.3, 0.4) is 0 Å². The zero-order chi connectivity index (χ0) is 20.5. The molecule has 1 N–H and O–H groups in total. The van der Waals surface area contributed by atoms with Gasteiger partial charge in [0.1, 0.15) is 13.2 Å². The highest BCUT2D eigenvalue weighted by Gasteiger charge is 2.16. The number of benzene rings is 2. The molecule has 0 fully saturated rings. The van der Waals surface area contributed by atoms with E-state index in [1.54, 1.807) is 18.2 Å². The van der Waals surface area contributed by atoms with Crippen LogP contribution in [0.2, 0.25) is 5.02 Å². The number of halogens is 1. The van der Waals surface area contributed by atoms with Crippen LogP contribution in [0.4, 0.5) is 5.69 Å². The fourth-order valence-electron chi connectivity index (χ4n) is 3.06. The van der Waals surface area contributed by atoms with Crippen molar-refractivity contribution >= 4 is 51.3 Å². The predicted molar refractivity (Wildman–Crippen MR) is 118 cm³/mol. The second-order valence-electron chi connectivity index (χ2n) is 6.42. The molecule has 0 aliphatic carbocycles. The number of aromatic nitrogens is 3. The van der Waals surface area contributed by atoms with Gasteiger partial charge in [0.25, 0.3) is 0 Å². The van der Waals surface area contributed by atoms with Crippen LogP contribution in [0.1, 0.15) is 0 Å². The van der Waals surface area contributed by atoms with Crippen molar-refractivity contribution in [2.75, 3.05) is 24.3 Å². The van der Waals surface area contributed by atoms with Crippen LogP contribution in [-0.2, 0) is 4.79 Å². The molecule has 30 heavy (non-hydrogen) atoms. The maximum atomic E-state index is 12.5. The molecule has 152 valence electrons. The monoisotopic (exact) mass is 458 g/mol. The minimum Gasteiger partial charge on any atom is -0.486 e. The zero-order valence-corrected chi connectivity index (χ0v) is 17.9. The maximum Gasteiger partial charge on any atom is 0.234 e. The van der Waals surface area contributed by atoms with Gasteiger partial charge in [-0.15, -0.1) is 21.5 Å². The van der Waals surface area contributed by atoms with E-state index in [9.17, 15) is 4.79 Å². The average Bonchev–Trinajstić information content (AvgIpc) is 3.35. The maximum absolute atomic E-state index is 12.5. The Labute approximate surface area is 185 Å². The highest BCUT2D eigenvalue weighted by molar-refractivity contribution is 7.99. The molecule has 10 heteroatoms. The molecule has 0 spiro atoms. The highest BCUT2D eigenvalue weighted by Crippen LogP contribution is 2.33. The summed E-state index contributed by atoms with van der Waals surface area (Å²) in [6.45, 7) is 1.03. The Kier molecular flexibility index (Phi) is 5.24.